The van der Waals surface area contributed by atoms with E-state index in [1.54, 1.807) is 0 Å². The SMILES string of the molecule is CCOC(=O)[C@H]1ON2CCC[C@@H]1C2. The normalized spacial score (nSPS) is 37.5. The molecule has 4 nitrogen and oxygen atoms in total. The van der Waals surface area contributed by atoms with Gasteiger partial charge in [-0.3, -0.25) is 4.84 Å². The van der Waals surface area contributed by atoms with Gasteiger partial charge in [0.25, 0.3) is 0 Å². The van der Waals surface area contributed by atoms with Gasteiger partial charge in [-0.05, 0) is 19.8 Å². The molecule has 3 atom stereocenters. The van der Waals surface area contributed by atoms with Crippen LogP contribution in [0.2, 0.25) is 0 Å². The zero-order valence-electron chi connectivity index (χ0n) is 7.86. The molecule has 0 N–H and O–H groups in total. The standard InChI is InChI=1S/C9H15NO3/c1-2-12-9(11)8-7-4-3-5-10(6-7)13-8/h7-8H,2-6H2,1H3/t7-,8+/m1/s1. The average molecular weight is 185 g/mol. The van der Waals surface area contributed by atoms with E-state index in [0.717, 1.165) is 25.9 Å². The van der Waals surface area contributed by atoms with Gasteiger partial charge in [0, 0.05) is 19.0 Å². The van der Waals surface area contributed by atoms with E-state index in [9.17, 15) is 4.79 Å². The Morgan fingerprint density at radius 3 is 3.23 bits per heavy atom. The number of piperidine rings is 1. The highest BCUT2D eigenvalue weighted by Gasteiger charge is 2.42. The lowest BCUT2D eigenvalue weighted by molar-refractivity contribution is -0.181. The quantitative estimate of drug-likeness (QED) is 0.590. The smallest absolute Gasteiger partial charge is 0.337 e. The number of ether oxygens (including phenoxy) is 1. The van der Waals surface area contributed by atoms with Gasteiger partial charge in [0.05, 0.1) is 6.61 Å². The second-order valence-electron chi connectivity index (χ2n) is 3.57. The van der Waals surface area contributed by atoms with E-state index in [1.165, 1.54) is 0 Å². The molecule has 2 aliphatic rings. The number of carbonyl (C=O) groups excluding carboxylic acids is 1. The number of fused-ring (bicyclic) bond motifs is 2. The zero-order chi connectivity index (χ0) is 9.26. The Hall–Kier alpha value is -0.610. The van der Waals surface area contributed by atoms with Crippen LogP contribution < -0.4 is 0 Å². The predicted molar refractivity (Wildman–Crippen MR) is 45.8 cm³/mol. The van der Waals surface area contributed by atoms with Crippen molar-refractivity contribution in [2.24, 2.45) is 5.92 Å². The maximum absolute atomic E-state index is 11.4. The summed E-state index contributed by atoms with van der Waals surface area (Å²) < 4.78 is 4.94. The van der Waals surface area contributed by atoms with Crippen LogP contribution in [0, 0.1) is 5.92 Å². The second-order valence-corrected chi connectivity index (χ2v) is 3.57. The lowest BCUT2D eigenvalue weighted by atomic mass is 9.95. The van der Waals surface area contributed by atoms with Crippen molar-refractivity contribution in [1.82, 2.24) is 5.06 Å². The molecule has 2 heterocycles. The molecule has 2 saturated heterocycles. The van der Waals surface area contributed by atoms with Crippen molar-refractivity contribution in [3.05, 3.63) is 0 Å². The van der Waals surface area contributed by atoms with Gasteiger partial charge < -0.3 is 4.74 Å². The van der Waals surface area contributed by atoms with E-state index >= 15 is 0 Å². The summed E-state index contributed by atoms with van der Waals surface area (Å²) in [4.78, 5) is 16.9. The van der Waals surface area contributed by atoms with Crippen LogP contribution in [0.15, 0.2) is 0 Å². The number of rotatable bonds is 2. The van der Waals surface area contributed by atoms with Crippen LogP contribution in [0.1, 0.15) is 19.8 Å². The van der Waals surface area contributed by atoms with Crippen molar-refractivity contribution in [3.63, 3.8) is 0 Å². The number of carbonyl (C=O) groups is 1. The minimum absolute atomic E-state index is 0.197. The summed E-state index contributed by atoms with van der Waals surface area (Å²) >= 11 is 0. The fraction of sp³-hybridized carbons (Fsp3) is 0.889. The van der Waals surface area contributed by atoms with Gasteiger partial charge in [-0.2, -0.15) is 5.06 Å². The van der Waals surface area contributed by atoms with E-state index in [0.29, 0.717) is 12.5 Å². The van der Waals surface area contributed by atoms with Crippen LogP contribution in [-0.2, 0) is 14.4 Å². The summed E-state index contributed by atoms with van der Waals surface area (Å²) in [5, 5.41) is 1.88. The molecule has 0 saturated carbocycles. The van der Waals surface area contributed by atoms with Crippen LogP contribution in [0.5, 0.6) is 0 Å². The molecule has 13 heavy (non-hydrogen) atoms. The van der Waals surface area contributed by atoms with Crippen molar-refractivity contribution in [2.45, 2.75) is 25.9 Å². The number of esters is 1. The molecule has 0 aromatic heterocycles. The van der Waals surface area contributed by atoms with Gasteiger partial charge >= 0.3 is 5.97 Å². The lowest BCUT2D eigenvalue weighted by Crippen LogP contribution is -2.29. The minimum Gasteiger partial charge on any atom is -0.464 e. The van der Waals surface area contributed by atoms with Gasteiger partial charge in [-0.25, -0.2) is 4.79 Å². The van der Waals surface area contributed by atoms with E-state index in [1.807, 2.05) is 12.0 Å². The topological polar surface area (TPSA) is 38.8 Å². The van der Waals surface area contributed by atoms with Crippen molar-refractivity contribution < 1.29 is 14.4 Å². The Bertz CT molecular complexity index is 207. The Balaban J connectivity index is 1.96. The minimum atomic E-state index is -0.331. The van der Waals surface area contributed by atoms with Gasteiger partial charge in [0.15, 0.2) is 6.10 Å². The molecular weight excluding hydrogens is 170 g/mol. The Labute approximate surface area is 77.7 Å². The van der Waals surface area contributed by atoms with Gasteiger partial charge in [-0.15, -0.1) is 0 Å². The van der Waals surface area contributed by atoms with E-state index in [2.05, 4.69) is 0 Å². The molecule has 2 fully saturated rings. The van der Waals surface area contributed by atoms with E-state index in [-0.39, 0.29) is 12.1 Å². The van der Waals surface area contributed by atoms with Crippen LogP contribution in [0.4, 0.5) is 0 Å². The third-order valence-electron chi connectivity index (χ3n) is 2.63. The fourth-order valence-corrected chi connectivity index (χ4v) is 2.02. The molecule has 0 spiro atoms. The molecule has 74 valence electrons. The largest absolute Gasteiger partial charge is 0.464 e. The van der Waals surface area contributed by atoms with Crippen molar-refractivity contribution in [2.75, 3.05) is 19.7 Å². The molecule has 4 heteroatoms. The molecule has 0 aliphatic carbocycles. The molecule has 1 unspecified atom stereocenters. The lowest BCUT2D eigenvalue weighted by Gasteiger charge is -2.17. The van der Waals surface area contributed by atoms with Gasteiger partial charge in [0.1, 0.15) is 0 Å². The van der Waals surface area contributed by atoms with E-state index < -0.39 is 0 Å². The zero-order valence-corrected chi connectivity index (χ0v) is 7.86. The number of nitrogens with zero attached hydrogens (tertiary/aromatic N) is 1. The van der Waals surface area contributed by atoms with E-state index in [4.69, 9.17) is 9.57 Å². The monoisotopic (exact) mass is 185 g/mol. The maximum atomic E-state index is 11.4. The van der Waals surface area contributed by atoms with Crippen LogP contribution in [0.25, 0.3) is 0 Å². The summed E-state index contributed by atoms with van der Waals surface area (Å²) in [5.41, 5.74) is 0. The third kappa shape index (κ3) is 1.69. The fourth-order valence-electron chi connectivity index (χ4n) is 2.02. The highest BCUT2D eigenvalue weighted by molar-refractivity contribution is 5.75. The summed E-state index contributed by atoms with van der Waals surface area (Å²) in [5.74, 6) is 0.157. The average Bonchev–Trinajstić information content (AvgIpc) is 2.42. The molecule has 0 aromatic rings. The highest BCUT2D eigenvalue weighted by Crippen LogP contribution is 2.30. The van der Waals surface area contributed by atoms with Crippen molar-refractivity contribution >= 4 is 5.97 Å². The summed E-state index contributed by atoms with van der Waals surface area (Å²) in [7, 11) is 0. The molecule has 2 rings (SSSR count). The summed E-state index contributed by atoms with van der Waals surface area (Å²) in [6, 6.07) is 0. The third-order valence-corrected chi connectivity index (χ3v) is 2.63. The molecule has 0 amide bonds. The van der Waals surface area contributed by atoms with Crippen LogP contribution >= 0.6 is 0 Å². The highest BCUT2D eigenvalue weighted by atomic mass is 16.7. The molecule has 2 aliphatic heterocycles. The van der Waals surface area contributed by atoms with Gasteiger partial charge in [0.2, 0.25) is 0 Å². The number of hydroxylamine groups is 2. The van der Waals surface area contributed by atoms with Gasteiger partial charge in [-0.1, -0.05) is 0 Å². The maximum Gasteiger partial charge on any atom is 0.337 e. The first-order valence-electron chi connectivity index (χ1n) is 4.89. The first-order chi connectivity index (χ1) is 6.31. The first kappa shape index (κ1) is 8.97. The van der Waals surface area contributed by atoms with Crippen molar-refractivity contribution in [3.8, 4) is 0 Å². The van der Waals surface area contributed by atoms with Crippen LogP contribution in [0.3, 0.4) is 0 Å². The Morgan fingerprint density at radius 2 is 2.54 bits per heavy atom. The summed E-state index contributed by atoms with van der Waals surface area (Å²) in [6.45, 7) is 4.10. The first-order valence-corrected chi connectivity index (χ1v) is 4.89. The molecule has 0 radical (unpaired) electrons. The Morgan fingerprint density at radius 1 is 1.69 bits per heavy atom. The number of hydrogen-bond acceptors (Lipinski definition) is 4. The molecule has 0 aromatic carbocycles. The summed E-state index contributed by atoms with van der Waals surface area (Å²) in [6.07, 6.45) is 1.88. The predicted octanol–water partition coefficient (Wildman–Crippen LogP) is 0.575. The molecular formula is C9H15NO3. The Kier molecular flexibility index (Phi) is 2.51. The molecule has 2 bridgehead atoms. The second kappa shape index (κ2) is 3.64. The van der Waals surface area contributed by atoms with Crippen LogP contribution in [-0.4, -0.2) is 36.8 Å². The van der Waals surface area contributed by atoms with Crippen molar-refractivity contribution in [1.29, 1.82) is 0 Å². The number of hydrogen-bond donors (Lipinski definition) is 0.